The predicted octanol–water partition coefficient (Wildman–Crippen LogP) is 2.80. The molecule has 0 saturated carbocycles. The second-order valence-electron chi connectivity index (χ2n) is 4.21. The van der Waals surface area contributed by atoms with Crippen molar-refractivity contribution in [3.05, 3.63) is 51.5 Å². The lowest BCUT2D eigenvalue weighted by Crippen LogP contribution is -2.03. The zero-order valence-corrected chi connectivity index (χ0v) is 12.8. The molecule has 0 unspecified atom stereocenters. The number of aromatic hydroxyl groups is 1. The van der Waals surface area contributed by atoms with Gasteiger partial charge in [0, 0.05) is 24.3 Å². The van der Waals surface area contributed by atoms with Crippen LogP contribution < -0.4 is 4.74 Å². The SMILES string of the molecule is COc1cc(Cl)c(S(=O)(=O)c2ccc([N+](=O)[O-])cc2)cc1O. The molecule has 0 atom stereocenters. The minimum Gasteiger partial charge on any atom is -0.504 e. The van der Waals surface area contributed by atoms with Gasteiger partial charge in [-0.15, -0.1) is 0 Å². The lowest BCUT2D eigenvalue weighted by atomic mass is 10.3. The van der Waals surface area contributed by atoms with E-state index in [0.717, 1.165) is 30.3 Å². The predicted molar refractivity (Wildman–Crippen MR) is 78.2 cm³/mol. The summed E-state index contributed by atoms with van der Waals surface area (Å²) < 4.78 is 29.8. The van der Waals surface area contributed by atoms with Crippen LogP contribution in [0.3, 0.4) is 0 Å². The molecule has 0 heterocycles. The summed E-state index contributed by atoms with van der Waals surface area (Å²) in [6, 6.07) is 6.50. The first-order valence-electron chi connectivity index (χ1n) is 5.83. The largest absolute Gasteiger partial charge is 0.504 e. The number of sulfone groups is 1. The Labute approximate surface area is 130 Å². The third kappa shape index (κ3) is 2.83. The lowest BCUT2D eigenvalue weighted by molar-refractivity contribution is -0.384. The maximum Gasteiger partial charge on any atom is 0.269 e. The summed E-state index contributed by atoms with van der Waals surface area (Å²) in [5, 5.41) is 20.2. The van der Waals surface area contributed by atoms with Crippen LogP contribution in [0.25, 0.3) is 0 Å². The molecular weight excluding hydrogens is 334 g/mol. The van der Waals surface area contributed by atoms with Crippen LogP contribution in [-0.4, -0.2) is 25.6 Å². The van der Waals surface area contributed by atoms with Crippen molar-refractivity contribution in [3.63, 3.8) is 0 Å². The van der Waals surface area contributed by atoms with Crippen molar-refractivity contribution in [1.29, 1.82) is 0 Å². The first-order chi connectivity index (χ1) is 10.3. The summed E-state index contributed by atoms with van der Waals surface area (Å²) in [7, 11) is -2.73. The van der Waals surface area contributed by atoms with Crippen molar-refractivity contribution in [2.24, 2.45) is 0 Å². The quantitative estimate of drug-likeness (QED) is 0.675. The van der Waals surface area contributed by atoms with Gasteiger partial charge in [-0.05, 0) is 12.1 Å². The van der Waals surface area contributed by atoms with Gasteiger partial charge in [0.05, 0.1) is 26.8 Å². The third-order valence-corrected chi connectivity index (χ3v) is 5.12. The summed E-state index contributed by atoms with van der Waals surface area (Å²) >= 11 is 5.92. The summed E-state index contributed by atoms with van der Waals surface area (Å²) in [5.74, 6) is -0.347. The van der Waals surface area contributed by atoms with E-state index < -0.39 is 14.8 Å². The van der Waals surface area contributed by atoms with Crippen LogP contribution in [0.1, 0.15) is 0 Å². The fourth-order valence-corrected chi connectivity index (χ4v) is 3.56. The molecule has 0 bridgehead atoms. The number of hydrogen-bond acceptors (Lipinski definition) is 6. The topological polar surface area (TPSA) is 107 Å². The van der Waals surface area contributed by atoms with Gasteiger partial charge in [0.15, 0.2) is 11.5 Å². The summed E-state index contributed by atoms with van der Waals surface area (Å²) in [6.07, 6.45) is 0. The average molecular weight is 344 g/mol. The van der Waals surface area contributed by atoms with Crippen LogP contribution in [0.2, 0.25) is 5.02 Å². The highest BCUT2D eigenvalue weighted by molar-refractivity contribution is 7.91. The molecule has 0 aliphatic rings. The molecule has 0 aliphatic heterocycles. The Morgan fingerprint density at radius 2 is 1.82 bits per heavy atom. The number of phenols is 1. The molecule has 22 heavy (non-hydrogen) atoms. The van der Waals surface area contributed by atoms with Gasteiger partial charge in [-0.2, -0.15) is 0 Å². The molecule has 0 fully saturated rings. The van der Waals surface area contributed by atoms with Crippen LogP contribution in [0.15, 0.2) is 46.2 Å². The molecule has 0 radical (unpaired) electrons. The number of nitro benzene ring substituents is 1. The molecule has 9 heteroatoms. The monoisotopic (exact) mass is 343 g/mol. The van der Waals surface area contributed by atoms with Gasteiger partial charge in [0.2, 0.25) is 9.84 Å². The average Bonchev–Trinajstić information content (AvgIpc) is 2.49. The van der Waals surface area contributed by atoms with Gasteiger partial charge in [0.25, 0.3) is 5.69 Å². The third-order valence-electron chi connectivity index (χ3n) is 2.88. The van der Waals surface area contributed by atoms with Crippen LogP contribution >= 0.6 is 11.6 Å². The van der Waals surface area contributed by atoms with Gasteiger partial charge in [-0.25, -0.2) is 8.42 Å². The molecule has 1 N–H and O–H groups in total. The molecule has 0 amide bonds. The van der Waals surface area contributed by atoms with Gasteiger partial charge in [-0.1, -0.05) is 11.6 Å². The molecule has 7 nitrogen and oxygen atoms in total. The number of halogens is 1. The van der Waals surface area contributed by atoms with Crippen molar-refractivity contribution >= 4 is 27.1 Å². The number of hydrogen-bond donors (Lipinski definition) is 1. The van der Waals surface area contributed by atoms with E-state index >= 15 is 0 Å². The van der Waals surface area contributed by atoms with E-state index in [0.29, 0.717) is 0 Å². The Hall–Kier alpha value is -2.32. The number of ether oxygens (including phenoxy) is 1. The Morgan fingerprint density at radius 1 is 1.23 bits per heavy atom. The fraction of sp³-hybridized carbons (Fsp3) is 0.0769. The van der Waals surface area contributed by atoms with Gasteiger partial charge < -0.3 is 9.84 Å². The standard InChI is InChI=1S/C13H10ClNO6S/c1-21-12-6-10(14)13(7-11(12)16)22(19,20)9-4-2-8(3-5-9)15(17)18/h2-7,16H,1H3. The van der Waals surface area contributed by atoms with Crippen molar-refractivity contribution in [2.45, 2.75) is 9.79 Å². The normalized spacial score (nSPS) is 11.2. The molecule has 0 aromatic heterocycles. The maximum atomic E-state index is 12.5. The lowest BCUT2D eigenvalue weighted by Gasteiger charge is -2.10. The molecule has 0 spiro atoms. The number of non-ortho nitro benzene ring substituents is 1. The van der Waals surface area contributed by atoms with Crippen molar-refractivity contribution in [1.82, 2.24) is 0 Å². The molecule has 2 aromatic carbocycles. The second kappa shape index (κ2) is 5.82. The first-order valence-corrected chi connectivity index (χ1v) is 7.69. The summed E-state index contributed by atoms with van der Waals surface area (Å²) in [5.41, 5.74) is -0.234. The van der Waals surface area contributed by atoms with E-state index in [-0.39, 0.29) is 32.0 Å². The Kier molecular flexibility index (Phi) is 4.25. The number of methoxy groups -OCH3 is 1. The molecule has 2 rings (SSSR count). The van der Waals surface area contributed by atoms with Crippen molar-refractivity contribution < 1.29 is 23.2 Å². The zero-order chi connectivity index (χ0) is 16.5. The van der Waals surface area contributed by atoms with Gasteiger partial charge in [0.1, 0.15) is 0 Å². The Bertz CT molecular complexity index is 832. The maximum absolute atomic E-state index is 12.5. The molecular formula is C13H10ClNO6S. The number of nitro groups is 1. The highest BCUT2D eigenvalue weighted by Crippen LogP contribution is 2.37. The van der Waals surface area contributed by atoms with E-state index in [1.54, 1.807) is 0 Å². The van der Waals surface area contributed by atoms with Crippen LogP contribution in [0, 0.1) is 10.1 Å². The van der Waals surface area contributed by atoms with Crippen LogP contribution in [0.5, 0.6) is 11.5 Å². The highest BCUT2D eigenvalue weighted by Gasteiger charge is 2.24. The molecule has 116 valence electrons. The van der Waals surface area contributed by atoms with Crippen molar-refractivity contribution in [2.75, 3.05) is 7.11 Å². The zero-order valence-electron chi connectivity index (χ0n) is 11.2. The number of phenolic OH excluding ortho intramolecular Hbond substituents is 1. The minimum absolute atomic E-state index is 0.0349. The second-order valence-corrected chi connectivity index (χ2v) is 6.53. The number of rotatable bonds is 4. The smallest absolute Gasteiger partial charge is 0.269 e. The van der Waals surface area contributed by atoms with Gasteiger partial charge >= 0.3 is 0 Å². The summed E-state index contributed by atoms with van der Waals surface area (Å²) in [6.45, 7) is 0. The fourth-order valence-electron chi connectivity index (χ4n) is 1.77. The number of nitrogens with zero attached hydrogens (tertiary/aromatic N) is 1. The van der Waals surface area contributed by atoms with E-state index in [1.807, 2.05) is 0 Å². The van der Waals surface area contributed by atoms with E-state index in [9.17, 15) is 23.6 Å². The molecule has 0 saturated heterocycles. The van der Waals surface area contributed by atoms with E-state index in [2.05, 4.69) is 0 Å². The number of benzene rings is 2. The van der Waals surface area contributed by atoms with Crippen LogP contribution in [-0.2, 0) is 9.84 Å². The Balaban J connectivity index is 2.55. The minimum atomic E-state index is -4.03. The van der Waals surface area contributed by atoms with Crippen molar-refractivity contribution in [3.8, 4) is 11.5 Å². The first kappa shape index (κ1) is 16.1. The summed E-state index contributed by atoms with van der Waals surface area (Å²) in [4.78, 5) is 9.46. The highest BCUT2D eigenvalue weighted by atomic mass is 35.5. The molecule has 2 aromatic rings. The van der Waals surface area contributed by atoms with Crippen LogP contribution in [0.4, 0.5) is 5.69 Å². The van der Waals surface area contributed by atoms with Gasteiger partial charge in [-0.3, -0.25) is 10.1 Å². The van der Waals surface area contributed by atoms with E-state index in [4.69, 9.17) is 16.3 Å². The Morgan fingerprint density at radius 3 is 2.32 bits per heavy atom. The van der Waals surface area contributed by atoms with E-state index in [1.165, 1.54) is 13.2 Å². The molecule has 0 aliphatic carbocycles.